The van der Waals surface area contributed by atoms with Gasteiger partial charge in [-0.1, -0.05) is 12.1 Å². The van der Waals surface area contributed by atoms with Crippen molar-refractivity contribution < 1.29 is 0 Å². The van der Waals surface area contributed by atoms with Gasteiger partial charge in [0.25, 0.3) is 0 Å². The molecular formula is C20H17N9. The maximum atomic E-state index is 8.86. The molecule has 0 unspecified atom stereocenters. The van der Waals surface area contributed by atoms with Gasteiger partial charge in [0.1, 0.15) is 11.9 Å². The average molecular weight is 383 g/mol. The van der Waals surface area contributed by atoms with Crippen LogP contribution in [-0.2, 0) is 6.54 Å². The molecule has 9 heteroatoms. The average Bonchev–Trinajstić information content (AvgIpc) is 2.78. The van der Waals surface area contributed by atoms with Gasteiger partial charge < -0.3 is 16.1 Å². The standard InChI is InChI=1S/C20H17N9/c21-9-14-4-6-17(24-11-14)27-18-12-26-20(29-22)19(28-18)25-10-13-3-5-16-15(8-13)2-1-7-23-16/h1-8,11-12H,10,22H2,(H,26,29)(H2,24,25,27,28). The summed E-state index contributed by atoms with van der Waals surface area (Å²) in [6, 6.07) is 15.4. The number of nitrogens with one attached hydrogen (secondary N) is 3. The maximum Gasteiger partial charge on any atom is 0.183 e. The van der Waals surface area contributed by atoms with Crippen molar-refractivity contribution in [1.82, 2.24) is 19.9 Å². The molecule has 3 aromatic heterocycles. The van der Waals surface area contributed by atoms with Crippen molar-refractivity contribution in [2.75, 3.05) is 16.1 Å². The SMILES string of the molecule is N#Cc1ccc(Nc2cnc(NN)c(NCc3ccc4ncccc4c3)n2)nc1. The highest BCUT2D eigenvalue weighted by Crippen LogP contribution is 2.21. The summed E-state index contributed by atoms with van der Waals surface area (Å²) in [5.41, 5.74) is 5.04. The van der Waals surface area contributed by atoms with Crippen molar-refractivity contribution in [3.63, 3.8) is 0 Å². The molecule has 1 aromatic carbocycles. The highest BCUT2D eigenvalue weighted by molar-refractivity contribution is 5.79. The lowest BCUT2D eigenvalue weighted by atomic mass is 10.1. The molecule has 0 fully saturated rings. The van der Waals surface area contributed by atoms with Crippen LogP contribution in [-0.4, -0.2) is 19.9 Å². The molecule has 0 bridgehead atoms. The van der Waals surface area contributed by atoms with Gasteiger partial charge in [-0.05, 0) is 35.9 Å². The zero-order valence-corrected chi connectivity index (χ0v) is 15.3. The number of pyridine rings is 2. The van der Waals surface area contributed by atoms with Crippen molar-refractivity contribution in [2.45, 2.75) is 6.54 Å². The Morgan fingerprint density at radius 3 is 2.69 bits per heavy atom. The lowest BCUT2D eigenvalue weighted by Gasteiger charge is -2.12. The largest absolute Gasteiger partial charge is 0.363 e. The molecule has 0 saturated heterocycles. The molecule has 4 rings (SSSR count). The smallest absolute Gasteiger partial charge is 0.183 e. The van der Waals surface area contributed by atoms with Crippen LogP contribution in [0.4, 0.5) is 23.3 Å². The molecule has 0 aliphatic carbocycles. The van der Waals surface area contributed by atoms with Crippen LogP contribution in [0.25, 0.3) is 10.9 Å². The van der Waals surface area contributed by atoms with Crippen LogP contribution in [0, 0.1) is 11.3 Å². The molecule has 0 saturated carbocycles. The summed E-state index contributed by atoms with van der Waals surface area (Å²) in [7, 11) is 0. The van der Waals surface area contributed by atoms with Gasteiger partial charge in [-0.25, -0.2) is 20.8 Å². The third kappa shape index (κ3) is 4.18. The van der Waals surface area contributed by atoms with Crippen LogP contribution in [0.5, 0.6) is 0 Å². The first-order valence-electron chi connectivity index (χ1n) is 8.79. The van der Waals surface area contributed by atoms with E-state index in [-0.39, 0.29) is 0 Å². The summed E-state index contributed by atoms with van der Waals surface area (Å²) >= 11 is 0. The number of hydrogen-bond donors (Lipinski definition) is 4. The van der Waals surface area contributed by atoms with E-state index in [1.807, 2.05) is 30.3 Å². The molecule has 0 amide bonds. The van der Waals surface area contributed by atoms with Gasteiger partial charge >= 0.3 is 0 Å². The van der Waals surface area contributed by atoms with Gasteiger partial charge in [-0.3, -0.25) is 4.98 Å². The van der Waals surface area contributed by atoms with Crippen molar-refractivity contribution >= 4 is 34.2 Å². The lowest BCUT2D eigenvalue weighted by Crippen LogP contribution is -2.14. The molecular weight excluding hydrogens is 366 g/mol. The Morgan fingerprint density at radius 1 is 0.966 bits per heavy atom. The Hall–Kier alpha value is -4.29. The number of nitriles is 1. The van der Waals surface area contributed by atoms with E-state index < -0.39 is 0 Å². The summed E-state index contributed by atoms with van der Waals surface area (Å²) in [6.45, 7) is 0.534. The monoisotopic (exact) mass is 383 g/mol. The fourth-order valence-corrected chi connectivity index (χ4v) is 2.76. The Balaban J connectivity index is 1.52. The zero-order chi connectivity index (χ0) is 20.1. The van der Waals surface area contributed by atoms with Crippen LogP contribution in [0.3, 0.4) is 0 Å². The van der Waals surface area contributed by atoms with Crippen LogP contribution >= 0.6 is 0 Å². The summed E-state index contributed by atoms with van der Waals surface area (Å²) in [4.78, 5) is 17.3. The Kier molecular flexibility index (Phi) is 5.09. The van der Waals surface area contributed by atoms with Crippen molar-refractivity contribution in [3.8, 4) is 6.07 Å². The third-order valence-corrected chi connectivity index (χ3v) is 4.19. The van der Waals surface area contributed by atoms with Crippen LogP contribution in [0.1, 0.15) is 11.1 Å². The number of fused-ring (bicyclic) bond motifs is 1. The second-order valence-electron chi connectivity index (χ2n) is 6.15. The predicted octanol–water partition coefficient (Wildman–Crippen LogP) is 2.93. The van der Waals surface area contributed by atoms with Crippen LogP contribution < -0.4 is 21.9 Å². The molecule has 4 aromatic rings. The fourth-order valence-electron chi connectivity index (χ4n) is 2.76. The highest BCUT2D eigenvalue weighted by Gasteiger charge is 2.08. The first-order chi connectivity index (χ1) is 14.2. The van der Waals surface area contributed by atoms with Crippen molar-refractivity contribution in [3.05, 3.63) is 72.2 Å². The Labute approximate surface area is 166 Å². The number of aromatic nitrogens is 4. The number of hydrazine groups is 1. The van der Waals surface area contributed by atoms with Gasteiger partial charge in [-0.15, -0.1) is 0 Å². The molecule has 29 heavy (non-hydrogen) atoms. The van der Waals surface area contributed by atoms with E-state index >= 15 is 0 Å². The minimum Gasteiger partial charge on any atom is -0.363 e. The number of anilines is 4. The minimum absolute atomic E-state index is 0.422. The first-order valence-corrected chi connectivity index (χ1v) is 8.79. The molecule has 0 aliphatic rings. The molecule has 0 radical (unpaired) electrons. The maximum absolute atomic E-state index is 8.86. The number of rotatable bonds is 6. The quantitative estimate of drug-likeness (QED) is 0.292. The number of nitrogens with zero attached hydrogens (tertiary/aromatic N) is 5. The van der Waals surface area contributed by atoms with Crippen molar-refractivity contribution in [1.29, 1.82) is 5.26 Å². The van der Waals surface area contributed by atoms with Crippen LogP contribution in [0.2, 0.25) is 0 Å². The molecule has 142 valence electrons. The molecule has 0 spiro atoms. The van der Waals surface area contributed by atoms with Gasteiger partial charge in [0, 0.05) is 24.3 Å². The normalized spacial score (nSPS) is 10.3. The van der Waals surface area contributed by atoms with E-state index in [4.69, 9.17) is 11.1 Å². The zero-order valence-electron chi connectivity index (χ0n) is 15.3. The number of benzene rings is 1. The molecule has 5 N–H and O–H groups in total. The summed E-state index contributed by atoms with van der Waals surface area (Å²) in [5.74, 6) is 7.53. The number of hydrogen-bond acceptors (Lipinski definition) is 9. The molecule has 0 atom stereocenters. The number of nitrogens with two attached hydrogens (primary N) is 1. The van der Waals surface area contributed by atoms with E-state index in [1.165, 1.54) is 6.20 Å². The van der Waals surface area contributed by atoms with Crippen molar-refractivity contribution in [2.24, 2.45) is 5.84 Å². The predicted molar refractivity (Wildman–Crippen MR) is 111 cm³/mol. The third-order valence-electron chi connectivity index (χ3n) is 4.19. The second kappa shape index (κ2) is 8.16. The second-order valence-corrected chi connectivity index (χ2v) is 6.15. The topological polar surface area (TPSA) is 137 Å². The number of nitrogen functional groups attached to an aromatic ring is 1. The van der Waals surface area contributed by atoms with Gasteiger partial charge in [0.2, 0.25) is 0 Å². The van der Waals surface area contributed by atoms with E-state index in [9.17, 15) is 0 Å². The summed E-state index contributed by atoms with van der Waals surface area (Å²) in [6.07, 6.45) is 4.80. The summed E-state index contributed by atoms with van der Waals surface area (Å²) in [5, 5.41) is 16.2. The van der Waals surface area contributed by atoms with E-state index in [1.54, 1.807) is 24.5 Å². The fraction of sp³-hybridized carbons (Fsp3) is 0.0500. The summed E-state index contributed by atoms with van der Waals surface area (Å²) < 4.78 is 0. The minimum atomic E-state index is 0.422. The van der Waals surface area contributed by atoms with Crippen LogP contribution in [0.15, 0.2) is 61.1 Å². The lowest BCUT2D eigenvalue weighted by molar-refractivity contribution is 1.08. The van der Waals surface area contributed by atoms with Gasteiger partial charge in [0.05, 0.1) is 17.3 Å². The molecule has 0 aliphatic heterocycles. The van der Waals surface area contributed by atoms with E-state index in [0.717, 1.165) is 16.5 Å². The van der Waals surface area contributed by atoms with E-state index in [0.29, 0.717) is 35.4 Å². The van der Waals surface area contributed by atoms with E-state index in [2.05, 4.69) is 42.1 Å². The first kappa shape index (κ1) is 18.1. The Bertz CT molecular complexity index is 1180. The highest BCUT2D eigenvalue weighted by atomic mass is 15.3. The van der Waals surface area contributed by atoms with Gasteiger partial charge in [0.15, 0.2) is 17.5 Å². The molecule has 9 nitrogen and oxygen atoms in total. The Morgan fingerprint density at radius 2 is 1.90 bits per heavy atom. The van der Waals surface area contributed by atoms with Gasteiger partial charge in [-0.2, -0.15) is 5.26 Å². The molecule has 3 heterocycles.